The maximum Gasteiger partial charge on any atom is 0.257 e. The maximum atomic E-state index is 12.5. The molecular formula is C18H13ClN6OS. The van der Waals surface area contributed by atoms with Gasteiger partial charge in [0.15, 0.2) is 5.13 Å². The van der Waals surface area contributed by atoms with E-state index in [4.69, 9.17) is 11.6 Å². The molecule has 9 heteroatoms. The topological polar surface area (TPSA) is 85.6 Å². The zero-order chi connectivity index (χ0) is 18.6. The Morgan fingerprint density at radius 3 is 2.81 bits per heavy atom. The fourth-order valence-corrected chi connectivity index (χ4v) is 3.46. The predicted octanol–water partition coefficient (Wildman–Crippen LogP) is 3.62. The molecule has 4 aromatic rings. The number of rotatable bonds is 5. The van der Waals surface area contributed by atoms with Crippen molar-refractivity contribution in [2.75, 3.05) is 5.32 Å². The summed E-state index contributed by atoms with van der Waals surface area (Å²) < 4.78 is 1.49. The molecule has 1 amide bonds. The number of carbonyl (C=O) groups is 1. The lowest BCUT2D eigenvalue weighted by molar-refractivity contribution is 0.102. The number of hydrogen-bond donors (Lipinski definition) is 1. The molecule has 2 heterocycles. The van der Waals surface area contributed by atoms with Gasteiger partial charge in [-0.05, 0) is 46.3 Å². The zero-order valence-electron chi connectivity index (χ0n) is 13.9. The van der Waals surface area contributed by atoms with E-state index >= 15 is 0 Å². The van der Waals surface area contributed by atoms with Crippen molar-refractivity contribution in [3.8, 4) is 5.69 Å². The molecule has 2 aromatic heterocycles. The highest BCUT2D eigenvalue weighted by Crippen LogP contribution is 2.22. The zero-order valence-corrected chi connectivity index (χ0v) is 15.5. The van der Waals surface area contributed by atoms with Gasteiger partial charge in [-0.25, -0.2) is 9.67 Å². The van der Waals surface area contributed by atoms with E-state index in [-0.39, 0.29) is 5.91 Å². The highest BCUT2D eigenvalue weighted by atomic mass is 35.5. The highest BCUT2D eigenvalue weighted by Gasteiger charge is 2.11. The van der Waals surface area contributed by atoms with Gasteiger partial charge in [0.25, 0.3) is 5.91 Å². The molecule has 0 aliphatic rings. The Balaban J connectivity index is 1.45. The number of amides is 1. The van der Waals surface area contributed by atoms with Crippen molar-refractivity contribution in [2.45, 2.75) is 6.42 Å². The molecule has 0 bridgehead atoms. The van der Waals surface area contributed by atoms with Gasteiger partial charge in [0.2, 0.25) is 0 Å². The van der Waals surface area contributed by atoms with Crippen LogP contribution in [0.15, 0.2) is 61.1 Å². The Morgan fingerprint density at radius 2 is 2.04 bits per heavy atom. The van der Waals surface area contributed by atoms with Crippen molar-refractivity contribution in [2.24, 2.45) is 0 Å². The number of anilines is 1. The first-order valence-corrected chi connectivity index (χ1v) is 9.21. The van der Waals surface area contributed by atoms with Gasteiger partial charge in [0.05, 0.1) is 5.69 Å². The molecule has 2 aromatic carbocycles. The van der Waals surface area contributed by atoms with Crippen molar-refractivity contribution >= 4 is 34.0 Å². The molecule has 27 heavy (non-hydrogen) atoms. The fourth-order valence-electron chi connectivity index (χ4n) is 2.49. The van der Waals surface area contributed by atoms with Gasteiger partial charge in [-0.15, -0.1) is 16.4 Å². The lowest BCUT2D eigenvalue weighted by Crippen LogP contribution is -2.12. The summed E-state index contributed by atoms with van der Waals surface area (Å²) in [5.74, 6) is -0.239. The largest absolute Gasteiger partial charge is 0.298 e. The Kier molecular flexibility index (Phi) is 4.91. The van der Waals surface area contributed by atoms with E-state index in [1.807, 2.05) is 30.3 Å². The normalized spacial score (nSPS) is 10.7. The number of carbonyl (C=O) groups excluding carboxylic acids is 1. The second-order valence-corrected chi connectivity index (χ2v) is 7.25. The van der Waals surface area contributed by atoms with E-state index in [2.05, 4.69) is 25.8 Å². The van der Waals surface area contributed by atoms with Crippen molar-refractivity contribution in [3.63, 3.8) is 0 Å². The van der Waals surface area contributed by atoms with Crippen LogP contribution in [0.4, 0.5) is 5.13 Å². The Labute approximate surface area is 163 Å². The molecule has 7 nitrogen and oxygen atoms in total. The summed E-state index contributed by atoms with van der Waals surface area (Å²) in [5, 5.41) is 15.1. The monoisotopic (exact) mass is 396 g/mol. The second-order valence-electron chi connectivity index (χ2n) is 5.69. The van der Waals surface area contributed by atoms with Crippen LogP contribution >= 0.6 is 22.9 Å². The van der Waals surface area contributed by atoms with Gasteiger partial charge in [0, 0.05) is 28.1 Å². The number of tetrazole rings is 1. The first-order valence-electron chi connectivity index (χ1n) is 8.01. The Morgan fingerprint density at radius 1 is 1.19 bits per heavy atom. The van der Waals surface area contributed by atoms with Crippen LogP contribution in [0.5, 0.6) is 0 Å². The third kappa shape index (κ3) is 4.18. The molecule has 0 spiro atoms. The summed E-state index contributed by atoms with van der Waals surface area (Å²) in [6.45, 7) is 0. The summed E-state index contributed by atoms with van der Waals surface area (Å²) in [5.41, 5.74) is 2.34. The van der Waals surface area contributed by atoms with Crippen molar-refractivity contribution in [3.05, 3.63) is 82.1 Å². The van der Waals surface area contributed by atoms with Gasteiger partial charge < -0.3 is 0 Å². The lowest BCUT2D eigenvalue weighted by atomic mass is 10.1. The third-order valence-corrected chi connectivity index (χ3v) is 4.95. The van der Waals surface area contributed by atoms with E-state index < -0.39 is 0 Å². The highest BCUT2D eigenvalue weighted by molar-refractivity contribution is 7.15. The van der Waals surface area contributed by atoms with E-state index in [0.717, 1.165) is 16.9 Å². The van der Waals surface area contributed by atoms with Crippen LogP contribution in [0.2, 0.25) is 5.02 Å². The summed E-state index contributed by atoms with van der Waals surface area (Å²) in [6.07, 6.45) is 3.98. The molecule has 0 radical (unpaired) electrons. The number of hydrogen-bond acceptors (Lipinski definition) is 6. The van der Waals surface area contributed by atoms with Crippen LogP contribution in [-0.2, 0) is 6.42 Å². The van der Waals surface area contributed by atoms with E-state index in [1.165, 1.54) is 22.3 Å². The number of halogens is 1. The minimum absolute atomic E-state index is 0.239. The van der Waals surface area contributed by atoms with Gasteiger partial charge in [-0.3, -0.25) is 10.1 Å². The Bertz CT molecular complexity index is 1060. The molecule has 0 atom stereocenters. The van der Waals surface area contributed by atoms with E-state index in [9.17, 15) is 4.79 Å². The van der Waals surface area contributed by atoms with Crippen LogP contribution in [-0.4, -0.2) is 31.1 Å². The van der Waals surface area contributed by atoms with Crippen LogP contribution in [0, 0.1) is 0 Å². The summed E-state index contributed by atoms with van der Waals surface area (Å²) in [7, 11) is 0. The summed E-state index contributed by atoms with van der Waals surface area (Å²) >= 11 is 7.35. The summed E-state index contributed by atoms with van der Waals surface area (Å²) in [6, 6.07) is 14.7. The quantitative estimate of drug-likeness (QED) is 0.557. The molecule has 0 saturated heterocycles. The van der Waals surface area contributed by atoms with Crippen molar-refractivity contribution in [1.82, 2.24) is 25.2 Å². The van der Waals surface area contributed by atoms with Crippen LogP contribution in [0.3, 0.4) is 0 Å². The first-order chi connectivity index (χ1) is 13.2. The number of nitrogens with one attached hydrogen (secondary N) is 1. The minimum Gasteiger partial charge on any atom is -0.298 e. The van der Waals surface area contributed by atoms with Crippen LogP contribution in [0.1, 0.15) is 20.8 Å². The molecule has 0 fully saturated rings. The molecule has 134 valence electrons. The average Bonchev–Trinajstić information content (AvgIpc) is 3.36. The molecule has 0 unspecified atom stereocenters. The first kappa shape index (κ1) is 17.3. The summed E-state index contributed by atoms with van der Waals surface area (Å²) in [4.78, 5) is 17.9. The fraction of sp³-hybridized carbons (Fsp3) is 0.0556. The standard InChI is InChI=1S/C18H13ClN6OS/c19-14-6-4-12(5-7-14)8-16-10-20-18(27-16)22-17(26)13-2-1-3-15(9-13)25-11-21-23-24-25/h1-7,9-11H,8H2,(H,20,22,26). The smallest absolute Gasteiger partial charge is 0.257 e. The number of benzene rings is 2. The molecule has 0 saturated carbocycles. The molecular weight excluding hydrogens is 384 g/mol. The van der Waals surface area contributed by atoms with Crippen LogP contribution < -0.4 is 5.32 Å². The average molecular weight is 397 g/mol. The lowest BCUT2D eigenvalue weighted by Gasteiger charge is -2.04. The molecule has 4 rings (SSSR count). The van der Waals surface area contributed by atoms with Crippen LogP contribution in [0.25, 0.3) is 5.69 Å². The SMILES string of the molecule is O=C(Nc1ncc(Cc2ccc(Cl)cc2)s1)c1cccc(-n2cnnn2)c1. The van der Waals surface area contributed by atoms with Crippen molar-refractivity contribution in [1.29, 1.82) is 0 Å². The van der Waals surface area contributed by atoms with Gasteiger partial charge in [-0.1, -0.05) is 29.8 Å². The molecule has 1 N–H and O–H groups in total. The van der Waals surface area contributed by atoms with E-state index in [0.29, 0.717) is 21.4 Å². The van der Waals surface area contributed by atoms with Gasteiger partial charge >= 0.3 is 0 Å². The second kappa shape index (κ2) is 7.65. The molecule has 0 aliphatic heterocycles. The Hall–Kier alpha value is -3.10. The van der Waals surface area contributed by atoms with E-state index in [1.54, 1.807) is 24.4 Å². The predicted molar refractivity (Wildman–Crippen MR) is 103 cm³/mol. The minimum atomic E-state index is -0.239. The van der Waals surface area contributed by atoms with Gasteiger partial charge in [0.1, 0.15) is 6.33 Å². The van der Waals surface area contributed by atoms with Crippen molar-refractivity contribution < 1.29 is 4.79 Å². The molecule has 0 aliphatic carbocycles. The van der Waals surface area contributed by atoms with Gasteiger partial charge in [-0.2, -0.15) is 0 Å². The number of nitrogens with zero attached hydrogens (tertiary/aromatic N) is 5. The number of thiazole rings is 1. The third-order valence-electron chi connectivity index (χ3n) is 3.79. The maximum absolute atomic E-state index is 12.5. The number of aromatic nitrogens is 5.